The summed E-state index contributed by atoms with van der Waals surface area (Å²) in [5.74, 6) is 1.22. The zero-order valence-corrected chi connectivity index (χ0v) is 17.4. The Morgan fingerprint density at radius 1 is 1.19 bits per heavy atom. The molecule has 1 aliphatic heterocycles. The lowest BCUT2D eigenvalue weighted by molar-refractivity contribution is 0.0441. The summed E-state index contributed by atoms with van der Waals surface area (Å²) < 4.78 is 11.4. The monoisotopic (exact) mass is 416 g/mol. The number of aromatic nitrogens is 1. The number of piperazine rings is 1. The van der Waals surface area contributed by atoms with Gasteiger partial charge >= 0.3 is 0 Å². The number of furan rings is 1. The van der Waals surface area contributed by atoms with Crippen molar-refractivity contribution in [2.24, 2.45) is 0 Å². The first-order valence-electron chi connectivity index (χ1n) is 10.3. The van der Waals surface area contributed by atoms with E-state index < -0.39 is 0 Å². The maximum absolute atomic E-state index is 13.0. The van der Waals surface area contributed by atoms with Crippen LogP contribution in [0.3, 0.4) is 0 Å². The van der Waals surface area contributed by atoms with Crippen LogP contribution in [0.25, 0.3) is 0 Å². The van der Waals surface area contributed by atoms with Gasteiger partial charge in [0.05, 0.1) is 11.3 Å². The first-order chi connectivity index (χ1) is 15.1. The molecule has 158 valence electrons. The van der Waals surface area contributed by atoms with E-state index in [0.29, 0.717) is 29.4 Å². The summed E-state index contributed by atoms with van der Waals surface area (Å²) in [6, 6.07) is 18.5. The lowest BCUT2D eigenvalue weighted by Crippen LogP contribution is -2.53. The predicted molar refractivity (Wildman–Crippen MR) is 114 cm³/mol. The molecule has 3 heterocycles. The summed E-state index contributed by atoms with van der Waals surface area (Å²) >= 11 is 0. The third kappa shape index (κ3) is 4.93. The third-order valence-electron chi connectivity index (χ3n) is 5.33. The summed E-state index contributed by atoms with van der Waals surface area (Å²) in [5.41, 5.74) is 1.49. The van der Waals surface area contributed by atoms with Gasteiger partial charge in [-0.3, -0.25) is 14.7 Å². The largest absolute Gasteiger partial charge is 0.484 e. The average molecular weight is 416 g/mol. The molecule has 1 atom stereocenters. The SMILES string of the molecule is CC1CN(Cc2ccccn2)CCN1C(=O)c1ccc(COc2ccccc2C#N)o1. The smallest absolute Gasteiger partial charge is 0.289 e. The lowest BCUT2D eigenvalue weighted by Gasteiger charge is -2.39. The maximum atomic E-state index is 13.0. The third-order valence-corrected chi connectivity index (χ3v) is 5.33. The summed E-state index contributed by atoms with van der Waals surface area (Å²) in [7, 11) is 0. The van der Waals surface area contributed by atoms with Crippen LogP contribution in [0.15, 0.2) is 65.2 Å². The Labute approximate surface area is 181 Å². The van der Waals surface area contributed by atoms with E-state index >= 15 is 0 Å². The zero-order chi connectivity index (χ0) is 21.6. The molecule has 7 nitrogen and oxygen atoms in total. The normalized spacial score (nSPS) is 16.6. The van der Waals surface area contributed by atoms with E-state index in [4.69, 9.17) is 14.4 Å². The fourth-order valence-electron chi connectivity index (χ4n) is 3.74. The molecule has 31 heavy (non-hydrogen) atoms. The molecule has 0 N–H and O–H groups in total. The highest BCUT2D eigenvalue weighted by atomic mass is 16.5. The Hall–Kier alpha value is -3.63. The van der Waals surface area contributed by atoms with E-state index in [2.05, 4.69) is 16.0 Å². The van der Waals surface area contributed by atoms with E-state index in [1.54, 1.807) is 36.5 Å². The van der Waals surface area contributed by atoms with Gasteiger partial charge in [-0.1, -0.05) is 18.2 Å². The molecule has 1 amide bonds. The number of rotatable bonds is 6. The van der Waals surface area contributed by atoms with E-state index in [9.17, 15) is 4.79 Å². The van der Waals surface area contributed by atoms with Crippen LogP contribution in [0, 0.1) is 11.3 Å². The number of para-hydroxylation sites is 1. The van der Waals surface area contributed by atoms with Crippen LogP contribution in [-0.4, -0.2) is 46.4 Å². The van der Waals surface area contributed by atoms with Gasteiger partial charge in [0.2, 0.25) is 0 Å². The quantitative estimate of drug-likeness (QED) is 0.612. The van der Waals surface area contributed by atoms with Gasteiger partial charge < -0.3 is 14.1 Å². The number of amides is 1. The van der Waals surface area contributed by atoms with E-state index in [1.165, 1.54) is 0 Å². The Balaban J connectivity index is 1.34. The lowest BCUT2D eigenvalue weighted by atomic mass is 10.1. The minimum Gasteiger partial charge on any atom is -0.484 e. The molecule has 1 aliphatic rings. The topological polar surface area (TPSA) is 82.6 Å². The number of hydrogen-bond donors (Lipinski definition) is 0. The molecule has 0 bridgehead atoms. The van der Waals surface area contributed by atoms with Crippen molar-refractivity contribution in [2.45, 2.75) is 26.1 Å². The van der Waals surface area contributed by atoms with Gasteiger partial charge in [-0.2, -0.15) is 5.26 Å². The number of carbonyl (C=O) groups is 1. The minimum atomic E-state index is -0.117. The summed E-state index contributed by atoms with van der Waals surface area (Å²) in [5, 5.41) is 9.15. The van der Waals surface area contributed by atoms with Gasteiger partial charge in [0, 0.05) is 38.4 Å². The Kier molecular flexibility index (Phi) is 6.29. The van der Waals surface area contributed by atoms with Crippen LogP contribution in [0.4, 0.5) is 0 Å². The van der Waals surface area contributed by atoms with Gasteiger partial charge in [-0.25, -0.2) is 0 Å². The first-order valence-corrected chi connectivity index (χ1v) is 10.3. The summed E-state index contributed by atoms with van der Waals surface area (Å²) in [4.78, 5) is 21.5. The average Bonchev–Trinajstić information content (AvgIpc) is 3.27. The second-order valence-electron chi connectivity index (χ2n) is 7.57. The minimum absolute atomic E-state index is 0.0669. The molecule has 3 aromatic rings. The molecule has 7 heteroatoms. The van der Waals surface area contributed by atoms with Crippen molar-refractivity contribution in [1.82, 2.24) is 14.8 Å². The second-order valence-corrected chi connectivity index (χ2v) is 7.57. The number of nitriles is 1. The number of nitrogens with zero attached hydrogens (tertiary/aromatic N) is 4. The van der Waals surface area contributed by atoms with Crippen LogP contribution in [0.2, 0.25) is 0 Å². The highest BCUT2D eigenvalue weighted by molar-refractivity contribution is 5.91. The molecule has 1 saturated heterocycles. The van der Waals surface area contributed by atoms with Crippen molar-refractivity contribution < 1.29 is 13.9 Å². The molecule has 1 aromatic carbocycles. The van der Waals surface area contributed by atoms with Crippen molar-refractivity contribution in [3.8, 4) is 11.8 Å². The van der Waals surface area contributed by atoms with Gasteiger partial charge in [0.15, 0.2) is 5.76 Å². The molecule has 4 rings (SSSR count). The van der Waals surface area contributed by atoms with Gasteiger partial charge in [-0.05, 0) is 43.3 Å². The van der Waals surface area contributed by atoms with Gasteiger partial charge in [-0.15, -0.1) is 0 Å². The first kappa shape index (κ1) is 20.6. The number of hydrogen-bond acceptors (Lipinski definition) is 6. The standard InChI is InChI=1S/C24H24N4O3/c1-18-15-27(16-20-7-4-5-11-26-20)12-13-28(18)24(29)23-10-9-21(31-23)17-30-22-8-3-2-6-19(22)14-25/h2-11,18H,12-13,15-17H2,1H3. The Bertz CT molecular complexity index is 1070. The molecule has 0 aliphatic carbocycles. The van der Waals surface area contributed by atoms with Crippen molar-refractivity contribution in [2.75, 3.05) is 19.6 Å². The molecular weight excluding hydrogens is 392 g/mol. The highest BCUT2D eigenvalue weighted by Crippen LogP contribution is 2.21. The van der Waals surface area contributed by atoms with Crippen LogP contribution in [0.5, 0.6) is 5.75 Å². The van der Waals surface area contributed by atoms with Crippen LogP contribution in [0.1, 0.15) is 34.5 Å². The highest BCUT2D eigenvalue weighted by Gasteiger charge is 2.29. The van der Waals surface area contributed by atoms with Crippen molar-refractivity contribution in [1.29, 1.82) is 5.26 Å². The molecule has 1 fully saturated rings. The summed E-state index contributed by atoms with van der Waals surface area (Å²) in [6.07, 6.45) is 1.80. The van der Waals surface area contributed by atoms with E-state index in [0.717, 1.165) is 25.3 Å². The molecule has 0 spiro atoms. The van der Waals surface area contributed by atoms with Gasteiger partial charge in [0.25, 0.3) is 5.91 Å². The fraction of sp³-hybridized carbons (Fsp3) is 0.292. The fourth-order valence-corrected chi connectivity index (χ4v) is 3.74. The van der Waals surface area contributed by atoms with Crippen molar-refractivity contribution in [3.63, 3.8) is 0 Å². The number of carbonyl (C=O) groups excluding carboxylic acids is 1. The van der Waals surface area contributed by atoms with Crippen LogP contribution in [-0.2, 0) is 13.2 Å². The predicted octanol–water partition coefficient (Wildman–Crippen LogP) is 3.47. The summed E-state index contributed by atoms with van der Waals surface area (Å²) in [6.45, 7) is 5.18. The van der Waals surface area contributed by atoms with E-state index in [-0.39, 0.29) is 18.6 Å². The maximum Gasteiger partial charge on any atom is 0.289 e. The van der Waals surface area contributed by atoms with Crippen LogP contribution < -0.4 is 4.74 Å². The number of pyridine rings is 1. The number of ether oxygens (including phenoxy) is 1. The van der Waals surface area contributed by atoms with E-state index in [1.807, 2.05) is 36.1 Å². The molecular formula is C24H24N4O3. The Morgan fingerprint density at radius 2 is 2.03 bits per heavy atom. The molecule has 0 radical (unpaired) electrons. The number of benzene rings is 1. The Morgan fingerprint density at radius 3 is 2.81 bits per heavy atom. The van der Waals surface area contributed by atoms with Crippen molar-refractivity contribution >= 4 is 5.91 Å². The molecule has 0 saturated carbocycles. The van der Waals surface area contributed by atoms with Gasteiger partial charge in [0.1, 0.15) is 24.2 Å². The second kappa shape index (κ2) is 9.45. The van der Waals surface area contributed by atoms with Crippen LogP contribution >= 0.6 is 0 Å². The van der Waals surface area contributed by atoms with Crippen molar-refractivity contribution in [3.05, 3.63) is 83.6 Å². The zero-order valence-electron chi connectivity index (χ0n) is 17.4. The molecule has 2 aromatic heterocycles. The molecule has 1 unspecified atom stereocenters.